The van der Waals surface area contributed by atoms with E-state index in [4.69, 9.17) is 9.26 Å². The summed E-state index contributed by atoms with van der Waals surface area (Å²) in [5.74, 6) is 8.25. The molecule has 8 heteroatoms. The average molecular weight is 552 g/mol. The lowest BCUT2D eigenvalue weighted by molar-refractivity contribution is -0.115. The van der Waals surface area contributed by atoms with Crippen LogP contribution in [0.2, 0.25) is 0 Å². The number of ether oxygens (including phenoxy) is 1. The van der Waals surface area contributed by atoms with E-state index in [1.807, 2.05) is 74.0 Å². The lowest BCUT2D eigenvalue weighted by Crippen LogP contribution is -2.34. The molecule has 2 fully saturated rings. The molecule has 3 aromatic heterocycles. The van der Waals surface area contributed by atoms with Gasteiger partial charge in [-0.15, -0.1) is 0 Å². The normalized spacial score (nSPS) is 16.4. The van der Waals surface area contributed by atoms with Gasteiger partial charge in [0, 0.05) is 48.1 Å². The van der Waals surface area contributed by atoms with E-state index in [1.165, 1.54) is 38.8 Å². The predicted octanol–water partition coefficient (Wildman–Crippen LogP) is 5.46. The summed E-state index contributed by atoms with van der Waals surface area (Å²) < 4.78 is 13.2. The molecule has 0 bridgehead atoms. The van der Waals surface area contributed by atoms with E-state index in [-0.39, 0.29) is 17.7 Å². The monoisotopic (exact) mass is 551 g/mol. The van der Waals surface area contributed by atoms with Gasteiger partial charge in [0.25, 0.3) is 0 Å². The van der Waals surface area contributed by atoms with E-state index < -0.39 is 0 Å². The van der Waals surface area contributed by atoms with E-state index >= 15 is 0 Å². The Morgan fingerprint density at radius 3 is 2.56 bits per heavy atom. The SMILES string of the molecule is CC(C)(C)c1cc(NC(=O)Cc2cn3cc(C#Cc4ccc(OCCN5CCC6(CCC6)C5)cc4)ccc3n2)no1. The average Bonchev–Trinajstić information content (AvgIpc) is 3.66. The summed E-state index contributed by atoms with van der Waals surface area (Å²) in [6, 6.07) is 13.6. The Labute approximate surface area is 241 Å². The van der Waals surface area contributed by atoms with Crippen LogP contribution in [0.25, 0.3) is 5.65 Å². The second kappa shape index (κ2) is 11.1. The van der Waals surface area contributed by atoms with Crippen molar-refractivity contribution in [2.75, 3.05) is 31.6 Å². The van der Waals surface area contributed by atoms with Crippen LogP contribution in [0.1, 0.15) is 69.0 Å². The molecule has 212 valence electrons. The van der Waals surface area contributed by atoms with Crippen molar-refractivity contribution in [1.29, 1.82) is 0 Å². The first kappa shape index (κ1) is 27.1. The Hall–Kier alpha value is -4.09. The van der Waals surface area contributed by atoms with Crippen molar-refractivity contribution in [3.8, 4) is 17.6 Å². The van der Waals surface area contributed by atoms with Crippen molar-refractivity contribution in [1.82, 2.24) is 19.4 Å². The number of imidazole rings is 1. The molecule has 4 heterocycles. The number of hydrogen-bond donors (Lipinski definition) is 1. The van der Waals surface area contributed by atoms with Crippen molar-refractivity contribution in [3.05, 3.63) is 77.4 Å². The van der Waals surface area contributed by atoms with Crippen LogP contribution in [0.4, 0.5) is 5.82 Å². The molecule has 1 aromatic carbocycles. The van der Waals surface area contributed by atoms with E-state index in [2.05, 4.69) is 32.2 Å². The number of anilines is 1. The zero-order valence-corrected chi connectivity index (χ0v) is 24.1. The van der Waals surface area contributed by atoms with Crippen LogP contribution in [0.15, 0.2) is 59.4 Å². The number of aromatic nitrogens is 3. The van der Waals surface area contributed by atoms with Gasteiger partial charge in [-0.25, -0.2) is 4.98 Å². The highest BCUT2D eigenvalue weighted by Gasteiger charge is 2.42. The van der Waals surface area contributed by atoms with Gasteiger partial charge < -0.3 is 19.0 Å². The van der Waals surface area contributed by atoms with Gasteiger partial charge in [-0.1, -0.05) is 44.2 Å². The minimum absolute atomic E-state index is 0.133. The number of carbonyl (C=O) groups excluding carboxylic acids is 1. The molecular weight excluding hydrogens is 514 g/mol. The minimum Gasteiger partial charge on any atom is -0.492 e. The molecule has 0 atom stereocenters. The highest BCUT2D eigenvalue weighted by atomic mass is 16.5. The molecule has 1 saturated heterocycles. The maximum Gasteiger partial charge on any atom is 0.231 e. The predicted molar refractivity (Wildman–Crippen MR) is 158 cm³/mol. The fourth-order valence-electron chi connectivity index (χ4n) is 5.62. The van der Waals surface area contributed by atoms with Crippen LogP contribution < -0.4 is 10.1 Å². The molecular formula is C33H37N5O3. The van der Waals surface area contributed by atoms with Crippen molar-refractivity contribution in [3.63, 3.8) is 0 Å². The molecule has 0 radical (unpaired) electrons. The molecule has 6 rings (SSSR count). The molecule has 8 nitrogen and oxygen atoms in total. The van der Waals surface area contributed by atoms with Crippen LogP contribution in [0.5, 0.6) is 5.75 Å². The maximum atomic E-state index is 12.5. The number of hydrogen-bond acceptors (Lipinski definition) is 6. The fourth-order valence-corrected chi connectivity index (χ4v) is 5.62. The van der Waals surface area contributed by atoms with E-state index in [9.17, 15) is 4.79 Å². The lowest BCUT2D eigenvalue weighted by Gasteiger charge is -2.38. The first-order chi connectivity index (χ1) is 19.7. The van der Waals surface area contributed by atoms with Gasteiger partial charge in [-0.2, -0.15) is 0 Å². The molecule has 0 unspecified atom stereocenters. The zero-order chi connectivity index (χ0) is 28.5. The maximum absolute atomic E-state index is 12.5. The number of nitrogens with zero attached hydrogens (tertiary/aromatic N) is 4. The molecule has 1 aliphatic heterocycles. The van der Waals surface area contributed by atoms with Crippen LogP contribution in [-0.2, 0) is 16.6 Å². The van der Waals surface area contributed by atoms with Gasteiger partial charge in [-0.05, 0) is 67.6 Å². The number of carbonyl (C=O) groups is 1. The Bertz CT molecular complexity index is 1600. The Morgan fingerprint density at radius 2 is 1.85 bits per heavy atom. The summed E-state index contributed by atoms with van der Waals surface area (Å²) in [6.07, 6.45) is 9.49. The molecule has 2 aliphatic rings. The van der Waals surface area contributed by atoms with Gasteiger partial charge in [0.05, 0.1) is 12.1 Å². The molecule has 1 N–H and O–H groups in total. The van der Waals surface area contributed by atoms with Gasteiger partial charge in [0.2, 0.25) is 5.91 Å². The summed E-state index contributed by atoms with van der Waals surface area (Å²) in [7, 11) is 0. The summed E-state index contributed by atoms with van der Waals surface area (Å²) in [6.45, 7) is 10.2. The van der Waals surface area contributed by atoms with Crippen LogP contribution in [0, 0.1) is 17.3 Å². The van der Waals surface area contributed by atoms with E-state index in [1.54, 1.807) is 6.07 Å². The molecule has 1 aliphatic carbocycles. The quantitative estimate of drug-likeness (QED) is 0.307. The van der Waals surface area contributed by atoms with Gasteiger partial charge in [-0.3, -0.25) is 9.69 Å². The topological polar surface area (TPSA) is 84.9 Å². The summed E-state index contributed by atoms with van der Waals surface area (Å²) in [4.78, 5) is 19.7. The fraction of sp³-hybridized carbons (Fsp3) is 0.424. The summed E-state index contributed by atoms with van der Waals surface area (Å²) in [5, 5.41) is 6.73. The Morgan fingerprint density at radius 1 is 1.07 bits per heavy atom. The molecule has 1 saturated carbocycles. The number of pyridine rings is 1. The van der Waals surface area contributed by atoms with Crippen molar-refractivity contribution in [2.24, 2.45) is 5.41 Å². The molecule has 4 aromatic rings. The summed E-state index contributed by atoms with van der Waals surface area (Å²) in [5.41, 5.74) is 3.66. The number of rotatable bonds is 7. The number of benzene rings is 1. The van der Waals surface area contributed by atoms with Crippen LogP contribution >= 0.6 is 0 Å². The third-order valence-electron chi connectivity index (χ3n) is 8.17. The zero-order valence-electron chi connectivity index (χ0n) is 24.1. The van der Waals surface area contributed by atoms with Gasteiger partial charge in [0.15, 0.2) is 5.82 Å². The van der Waals surface area contributed by atoms with Crippen molar-refractivity contribution >= 4 is 17.4 Å². The van der Waals surface area contributed by atoms with E-state index in [0.717, 1.165) is 29.1 Å². The number of likely N-dealkylation sites (tertiary alicyclic amines) is 1. The highest BCUT2D eigenvalue weighted by Crippen LogP contribution is 2.47. The standard InChI is InChI=1S/C33H37N5O3/c1-32(2,3)28-20-29(36-41-28)35-31(39)19-26-22-38-21-25(9-12-30(38)34-26)6-5-24-7-10-27(11-8-24)40-18-17-37-16-15-33(23-37)13-4-14-33/h7-12,20-22H,4,13-19,23H2,1-3H3,(H,35,36,39). The molecule has 1 amide bonds. The lowest BCUT2D eigenvalue weighted by atomic mass is 9.68. The first-order valence-corrected chi connectivity index (χ1v) is 14.5. The van der Waals surface area contributed by atoms with E-state index in [0.29, 0.717) is 29.3 Å². The second-order valence-electron chi connectivity index (χ2n) is 12.5. The number of nitrogens with one attached hydrogen (secondary N) is 1. The number of amides is 1. The third kappa shape index (κ3) is 6.47. The molecule has 1 spiro atoms. The van der Waals surface area contributed by atoms with Gasteiger partial charge in [0.1, 0.15) is 23.8 Å². The third-order valence-corrected chi connectivity index (χ3v) is 8.17. The first-order valence-electron chi connectivity index (χ1n) is 14.5. The smallest absolute Gasteiger partial charge is 0.231 e. The van der Waals surface area contributed by atoms with Gasteiger partial charge >= 0.3 is 0 Å². The Balaban J connectivity index is 1.01. The number of fused-ring (bicyclic) bond motifs is 1. The van der Waals surface area contributed by atoms with Crippen LogP contribution in [-0.4, -0.2) is 51.6 Å². The van der Waals surface area contributed by atoms with Crippen LogP contribution in [0.3, 0.4) is 0 Å². The second-order valence-corrected chi connectivity index (χ2v) is 12.5. The summed E-state index contributed by atoms with van der Waals surface area (Å²) >= 11 is 0. The Kier molecular flexibility index (Phi) is 7.31. The minimum atomic E-state index is -0.201. The van der Waals surface area contributed by atoms with Crippen molar-refractivity contribution in [2.45, 2.75) is 58.3 Å². The van der Waals surface area contributed by atoms with Crippen molar-refractivity contribution < 1.29 is 14.1 Å². The highest BCUT2D eigenvalue weighted by molar-refractivity contribution is 5.91. The molecule has 41 heavy (non-hydrogen) atoms. The largest absolute Gasteiger partial charge is 0.492 e.